The van der Waals surface area contributed by atoms with Crippen LogP contribution < -0.4 is 4.74 Å². The third kappa shape index (κ3) is 4.73. The zero-order chi connectivity index (χ0) is 13.4. The number of ether oxygens (including phenoxy) is 1. The number of carbonyl (C=O) groups is 1. The van der Waals surface area contributed by atoms with Crippen molar-refractivity contribution in [3.8, 4) is 5.75 Å². The Hall–Kier alpha value is -1.58. The standard InChI is InChI=1S/C14H19FO3/c1-2-3-4-5-6-9-18-13-10-11(15)7-8-12(13)14(16)17/h7-8,10H,2-6,9H2,1H3,(H,16,17). The predicted octanol–water partition coefficient (Wildman–Crippen LogP) is 3.87. The minimum atomic E-state index is -1.10. The number of rotatable bonds is 8. The second kappa shape index (κ2) is 7.69. The molecule has 0 aliphatic heterocycles. The van der Waals surface area contributed by atoms with E-state index in [0.717, 1.165) is 31.4 Å². The maximum atomic E-state index is 13.0. The van der Waals surface area contributed by atoms with Gasteiger partial charge in [0, 0.05) is 6.07 Å². The first-order valence-electron chi connectivity index (χ1n) is 6.30. The van der Waals surface area contributed by atoms with Crippen LogP contribution in [0.4, 0.5) is 4.39 Å². The smallest absolute Gasteiger partial charge is 0.339 e. The summed E-state index contributed by atoms with van der Waals surface area (Å²) >= 11 is 0. The third-order valence-electron chi connectivity index (χ3n) is 2.68. The van der Waals surface area contributed by atoms with E-state index >= 15 is 0 Å². The van der Waals surface area contributed by atoms with Crippen LogP contribution in [0.5, 0.6) is 5.75 Å². The highest BCUT2D eigenvalue weighted by Gasteiger charge is 2.11. The Kier molecular flexibility index (Phi) is 6.19. The average molecular weight is 254 g/mol. The van der Waals surface area contributed by atoms with Gasteiger partial charge in [-0.2, -0.15) is 0 Å². The molecule has 0 heterocycles. The molecule has 1 rings (SSSR count). The summed E-state index contributed by atoms with van der Waals surface area (Å²) in [5.74, 6) is -1.48. The van der Waals surface area contributed by atoms with Gasteiger partial charge in [-0.1, -0.05) is 32.6 Å². The average Bonchev–Trinajstić information content (AvgIpc) is 2.33. The van der Waals surface area contributed by atoms with Crippen molar-refractivity contribution in [3.05, 3.63) is 29.6 Å². The molecule has 0 spiro atoms. The highest BCUT2D eigenvalue weighted by atomic mass is 19.1. The van der Waals surface area contributed by atoms with E-state index in [1.54, 1.807) is 0 Å². The van der Waals surface area contributed by atoms with Crippen molar-refractivity contribution in [2.45, 2.75) is 39.0 Å². The Morgan fingerprint density at radius 1 is 1.28 bits per heavy atom. The fourth-order valence-electron chi connectivity index (χ4n) is 1.68. The molecule has 0 atom stereocenters. The SMILES string of the molecule is CCCCCCCOc1cc(F)ccc1C(=O)O. The minimum Gasteiger partial charge on any atom is -0.493 e. The summed E-state index contributed by atoms with van der Waals surface area (Å²) in [6.45, 7) is 2.57. The summed E-state index contributed by atoms with van der Waals surface area (Å²) in [4.78, 5) is 10.9. The summed E-state index contributed by atoms with van der Waals surface area (Å²) in [5, 5.41) is 8.93. The van der Waals surface area contributed by atoms with Crippen LogP contribution in [0, 0.1) is 5.82 Å². The van der Waals surface area contributed by atoms with Gasteiger partial charge in [-0.15, -0.1) is 0 Å². The number of benzene rings is 1. The van der Waals surface area contributed by atoms with Crippen molar-refractivity contribution in [1.82, 2.24) is 0 Å². The van der Waals surface area contributed by atoms with E-state index in [-0.39, 0.29) is 11.3 Å². The molecule has 0 saturated carbocycles. The summed E-state index contributed by atoms with van der Waals surface area (Å²) in [6.07, 6.45) is 5.42. The molecule has 1 aromatic rings. The molecule has 0 amide bonds. The highest BCUT2D eigenvalue weighted by molar-refractivity contribution is 5.90. The van der Waals surface area contributed by atoms with Gasteiger partial charge in [0.2, 0.25) is 0 Å². The van der Waals surface area contributed by atoms with E-state index in [4.69, 9.17) is 9.84 Å². The second-order valence-corrected chi connectivity index (χ2v) is 4.21. The number of aromatic carboxylic acids is 1. The Balaban J connectivity index is 2.45. The lowest BCUT2D eigenvalue weighted by Gasteiger charge is -2.09. The molecule has 0 bridgehead atoms. The van der Waals surface area contributed by atoms with E-state index < -0.39 is 11.8 Å². The van der Waals surface area contributed by atoms with Crippen LogP contribution in [0.25, 0.3) is 0 Å². The number of carboxylic acid groups (broad SMARTS) is 1. The molecule has 0 aliphatic rings. The maximum absolute atomic E-state index is 13.0. The number of hydrogen-bond donors (Lipinski definition) is 1. The summed E-state index contributed by atoms with van der Waals surface area (Å²) < 4.78 is 18.4. The maximum Gasteiger partial charge on any atom is 0.339 e. The van der Waals surface area contributed by atoms with E-state index in [1.165, 1.54) is 18.9 Å². The van der Waals surface area contributed by atoms with Gasteiger partial charge in [-0.05, 0) is 18.6 Å². The van der Waals surface area contributed by atoms with Gasteiger partial charge < -0.3 is 9.84 Å². The second-order valence-electron chi connectivity index (χ2n) is 4.21. The molecule has 100 valence electrons. The summed E-state index contributed by atoms with van der Waals surface area (Å²) in [7, 11) is 0. The van der Waals surface area contributed by atoms with Gasteiger partial charge in [0.05, 0.1) is 6.61 Å². The van der Waals surface area contributed by atoms with Crippen molar-refractivity contribution < 1.29 is 19.0 Å². The molecule has 0 aliphatic carbocycles. The molecule has 0 saturated heterocycles. The summed E-state index contributed by atoms with van der Waals surface area (Å²) in [5.41, 5.74) is 0.00459. The number of unbranched alkanes of at least 4 members (excludes halogenated alkanes) is 4. The largest absolute Gasteiger partial charge is 0.493 e. The molecular weight excluding hydrogens is 235 g/mol. The highest BCUT2D eigenvalue weighted by Crippen LogP contribution is 2.20. The Morgan fingerprint density at radius 2 is 2.00 bits per heavy atom. The fraction of sp³-hybridized carbons (Fsp3) is 0.500. The van der Waals surface area contributed by atoms with E-state index in [2.05, 4.69) is 6.92 Å². The van der Waals surface area contributed by atoms with Crippen LogP contribution >= 0.6 is 0 Å². The van der Waals surface area contributed by atoms with Crippen molar-refractivity contribution in [2.75, 3.05) is 6.61 Å². The molecule has 1 N–H and O–H groups in total. The first kappa shape index (κ1) is 14.5. The molecule has 1 aromatic carbocycles. The Labute approximate surface area is 107 Å². The van der Waals surface area contributed by atoms with E-state index in [0.29, 0.717) is 6.61 Å². The van der Waals surface area contributed by atoms with Crippen molar-refractivity contribution in [3.63, 3.8) is 0 Å². The first-order chi connectivity index (χ1) is 8.65. The first-order valence-corrected chi connectivity index (χ1v) is 6.30. The lowest BCUT2D eigenvalue weighted by Crippen LogP contribution is -2.05. The van der Waals surface area contributed by atoms with Crippen LogP contribution in [0.1, 0.15) is 49.4 Å². The lowest BCUT2D eigenvalue weighted by molar-refractivity contribution is 0.0692. The monoisotopic (exact) mass is 254 g/mol. The van der Waals surface area contributed by atoms with Gasteiger partial charge in [-0.3, -0.25) is 0 Å². The Bertz CT molecular complexity index is 391. The predicted molar refractivity (Wildman–Crippen MR) is 67.6 cm³/mol. The zero-order valence-corrected chi connectivity index (χ0v) is 10.6. The normalized spacial score (nSPS) is 10.3. The summed E-state index contributed by atoms with van der Waals surface area (Å²) in [6, 6.07) is 3.47. The van der Waals surface area contributed by atoms with Crippen molar-refractivity contribution in [1.29, 1.82) is 0 Å². The van der Waals surface area contributed by atoms with Crippen molar-refractivity contribution >= 4 is 5.97 Å². The number of hydrogen-bond acceptors (Lipinski definition) is 2. The zero-order valence-electron chi connectivity index (χ0n) is 10.6. The molecular formula is C14H19FO3. The van der Waals surface area contributed by atoms with Gasteiger partial charge in [-0.25, -0.2) is 9.18 Å². The van der Waals surface area contributed by atoms with Gasteiger partial charge in [0.25, 0.3) is 0 Å². The minimum absolute atomic E-state index is 0.00459. The molecule has 3 nitrogen and oxygen atoms in total. The van der Waals surface area contributed by atoms with Crippen LogP contribution in [0.2, 0.25) is 0 Å². The van der Waals surface area contributed by atoms with Crippen molar-refractivity contribution in [2.24, 2.45) is 0 Å². The Morgan fingerprint density at radius 3 is 2.67 bits per heavy atom. The molecule has 0 fully saturated rings. The van der Waals surface area contributed by atoms with Crippen LogP contribution in [-0.2, 0) is 0 Å². The van der Waals surface area contributed by atoms with Crippen LogP contribution in [0.15, 0.2) is 18.2 Å². The molecule has 18 heavy (non-hydrogen) atoms. The molecule has 0 radical (unpaired) electrons. The third-order valence-corrected chi connectivity index (χ3v) is 2.68. The van der Waals surface area contributed by atoms with E-state index in [1.807, 2.05) is 0 Å². The van der Waals surface area contributed by atoms with Gasteiger partial charge >= 0.3 is 5.97 Å². The topological polar surface area (TPSA) is 46.5 Å². The lowest BCUT2D eigenvalue weighted by atomic mass is 10.1. The fourth-order valence-corrected chi connectivity index (χ4v) is 1.68. The molecule has 0 unspecified atom stereocenters. The van der Waals surface area contributed by atoms with Gasteiger partial charge in [0.1, 0.15) is 17.1 Å². The van der Waals surface area contributed by atoms with Crippen LogP contribution in [-0.4, -0.2) is 17.7 Å². The van der Waals surface area contributed by atoms with Crippen LogP contribution in [0.3, 0.4) is 0 Å². The quantitative estimate of drug-likeness (QED) is 0.716. The van der Waals surface area contributed by atoms with E-state index in [9.17, 15) is 9.18 Å². The number of carboxylic acids is 1. The van der Waals surface area contributed by atoms with Gasteiger partial charge in [0.15, 0.2) is 0 Å². The molecule has 4 heteroatoms. The number of halogens is 1. The molecule has 0 aromatic heterocycles.